The number of nitrogen functional groups attached to an aromatic ring is 1. The molecule has 1 heterocycles. The molecule has 0 saturated carbocycles. The van der Waals surface area contributed by atoms with Crippen LogP contribution in [0.1, 0.15) is 12.8 Å². The molecule has 0 aliphatic carbocycles. The summed E-state index contributed by atoms with van der Waals surface area (Å²) in [6.07, 6.45) is 1.87. The molecule has 5 nitrogen and oxygen atoms in total. The molecule has 1 aromatic carbocycles. The van der Waals surface area contributed by atoms with Gasteiger partial charge in [0.15, 0.2) is 0 Å². The van der Waals surface area contributed by atoms with Crippen molar-refractivity contribution in [2.45, 2.75) is 23.8 Å². The number of rotatable bonds is 3. The maximum absolute atomic E-state index is 12.9. The summed E-state index contributed by atoms with van der Waals surface area (Å²) >= 11 is 6.63. The van der Waals surface area contributed by atoms with E-state index < -0.39 is 10.0 Å². The van der Waals surface area contributed by atoms with Gasteiger partial charge in [0.1, 0.15) is 4.90 Å². The van der Waals surface area contributed by atoms with Crippen LogP contribution in [-0.2, 0) is 10.0 Å². The monoisotopic (exact) mass is 439 g/mol. The van der Waals surface area contributed by atoms with Crippen molar-refractivity contribution in [3.63, 3.8) is 0 Å². The summed E-state index contributed by atoms with van der Waals surface area (Å²) in [5.74, 6) is 0. The fraction of sp³-hybridized carbons (Fsp3) is 0.538. The van der Waals surface area contributed by atoms with Gasteiger partial charge in [-0.15, -0.1) is 0 Å². The smallest absolute Gasteiger partial charge is 0.246 e. The van der Waals surface area contributed by atoms with Gasteiger partial charge in [-0.1, -0.05) is 15.9 Å². The van der Waals surface area contributed by atoms with E-state index in [2.05, 4.69) is 36.8 Å². The molecule has 1 unspecified atom stereocenters. The minimum atomic E-state index is -3.59. The van der Waals surface area contributed by atoms with E-state index in [9.17, 15) is 8.42 Å². The third-order valence-corrected chi connectivity index (χ3v) is 7.05. The number of hydrogen-bond donors (Lipinski definition) is 1. The summed E-state index contributed by atoms with van der Waals surface area (Å²) in [5.41, 5.74) is 6.19. The lowest BCUT2D eigenvalue weighted by Crippen LogP contribution is -2.47. The zero-order valence-corrected chi connectivity index (χ0v) is 16.0. The van der Waals surface area contributed by atoms with Crippen molar-refractivity contribution in [3.05, 3.63) is 21.1 Å². The van der Waals surface area contributed by atoms with E-state index in [1.54, 1.807) is 12.1 Å². The second-order valence-corrected chi connectivity index (χ2v) is 9.07. The number of anilines is 1. The Morgan fingerprint density at radius 3 is 2.57 bits per heavy atom. The Hall–Kier alpha value is -0.150. The van der Waals surface area contributed by atoms with Crippen molar-refractivity contribution < 1.29 is 8.42 Å². The highest BCUT2D eigenvalue weighted by Gasteiger charge is 2.33. The lowest BCUT2D eigenvalue weighted by Gasteiger charge is -2.35. The van der Waals surface area contributed by atoms with Crippen LogP contribution < -0.4 is 5.73 Å². The minimum Gasteiger partial charge on any atom is -0.398 e. The number of nitrogens with zero attached hydrogens (tertiary/aromatic N) is 2. The molecule has 2 rings (SSSR count). The van der Waals surface area contributed by atoms with Crippen LogP contribution in [0.15, 0.2) is 26.0 Å². The van der Waals surface area contributed by atoms with E-state index in [0.717, 1.165) is 17.3 Å². The summed E-state index contributed by atoms with van der Waals surface area (Å²) < 4.78 is 28.5. The second-order valence-electron chi connectivity index (χ2n) is 5.43. The van der Waals surface area contributed by atoms with Crippen molar-refractivity contribution in [1.29, 1.82) is 0 Å². The first kappa shape index (κ1) is 17.2. The molecule has 8 heteroatoms. The van der Waals surface area contributed by atoms with Crippen molar-refractivity contribution in [2.75, 3.05) is 32.9 Å². The lowest BCUT2D eigenvalue weighted by atomic mass is 10.1. The van der Waals surface area contributed by atoms with Crippen LogP contribution in [0.5, 0.6) is 0 Å². The molecular formula is C13H19Br2N3O2S. The Kier molecular flexibility index (Phi) is 5.36. The van der Waals surface area contributed by atoms with E-state index in [0.29, 0.717) is 17.6 Å². The zero-order valence-electron chi connectivity index (χ0n) is 12.0. The van der Waals surface area contributed by atoms with Gasteiger partial charge in [0, 0.05) is 28.1 Å². The molecule has 0 spiro atoms. The molecule has 1 atom stereocenters. The minimum absolute atomic E-state index is 0.158. The Bertz CT molecular complexity index is 611. The SMILES string of the molecule is CN(C)C1CCCN(S(=O)(=O)c2c(N)cc(Br)cc2Br)C1. The molecular weight excluding hydrogens is 422 g/mol. The quantitative estimate of drug-likeness (QED) is 0.733. The highest BCUT2D eigenvalue weighted by molar-refractivity contribution is 9.11. The lowest BCUT2D eigenvalue weighted by molar-refractivity contribution is 0.190. The Morgan fingerprint density at radius 1 is 1.33 bits per heavy atom. The predicted octanol–water partition coefficient (Wildman–Crippen LogP) is 2.51. The fourth-order valence-corrected chi connectivity index (χ4v) is 6.07. The largest absolute Gasteiger partial charge is 0.398 e. The molecule has 1 fully saturated rings. The number of likely N-dealkylation sites (N-methyl/N-ethyl adjacent to an activating group) is 1. The number of hydrogen-bond acceptors (Lipinski definition) is 4. The van der Waals surface area contributed by atoms with Gasteiger partial charge in [-0.3, -0.25) is 0 Å². The summed E-state index contributed by atoms with van der Waals surface area (Å²) in [7, 11) is 0.361. The second kappa shape index (κ2) is 6.54. The van der Waals surface area contributed by atoms with Crippen molar-refractivity contribution >= 4 is 47.6 Å². The molecule has 1 aromatic rings. The maximum Gasteiger partial charge on any atom is 0.246 e. The van der Waals surface area contributed by atoms with Crippen LogP contribution in [0.25, 0.3) is 0 Å². The average molecular weight is 441 g/mol. The number of halogens is 2. The Morgan fingerprint density at radius 2 is 2.00 bits per heavy atom. The Balaban J connectivity index is 2.39. The predicted molar refractivity (Wildman–Crippen MR) is 91.7 cm³/mol. The van der Waals surface area contributed by atoms with Crippen LogP contribution in [0.3, 0.4) is 0 Å². The molecule has 2 N–H and O–H groups in total. The fourth-order valence-electron chi connectivity index (χ4n) is 2.54. The molecule has 0 radical (unpaired) electrons. The van der Waals surface area contributed by atoms with Gasteiger partial charge in [0.25, 0.3) is 0 Å². The van der Waals surface area contributed by atoms with Gasteiger partial charge in [-0.05, 0) is 55.0 Å². The van der Waals surface area contributed by atoms with Crippen LogP contribution in [0.4, 0.5) is 5.69 Å². The average Bonchev–Trinajstić information content (AvgIpc) is 2.37. The van der Waals surface area contributed by atoms with Crippen molar-refractivity contribution in [3.8, 4) is 0 Å². The molecule has 1 saturated heterocycles. The first-order valence-electron chi connectivity index (χ1n) is 6.64. The van der Waals surface area contributed by atoms with Crippen molar-refractivity contribution in [2.24, 2.45) is 0 Å². The van der Waals surface area contributed by atoms with Crippen LogP contribution in [0.2, 0.25) is 0 Å². The van der Waals surface area contributed by atoms with E-state index in [4.69, 9.17) is 5.73 Å². The maximum atomic E-state index is 12.9. The van der Waals surface area contributed by atoms with E-state index >= 15 is 0 Å². The number of nitrogens with two attached hydrogens (primary N) is 1. The first-order valence-corrected chi connectivity index (χ1v) is 9.67. The zero-order chi connectivity index (χ0) is 15.8. The summed E-state index contributed by atoms with van der Waals surface area (Å²) in [6, 6.07) is 3.56. The van der Waals surface area contributed by atoms with E-state index in [1.807, 2.05) is 14.1 Å². The van der Waals surface area contributed by atoms with Gasteiger partial charge in [0.05, 0.1) is 5.69 Å². The van der Waals surface area contributed by atoms with Crippen molar-refractivity contribution in [1.82, 2.24) is 9.21 Å². The molecule has 21 heavy (non-hydrogen) atoms. The van der Waals surface area contributed by atoms with Gasteiger partial charge in [0.2, 0.25) is 10.0 Å². The first-order chi connectivity index (χ1) is 9.73. The molecule has 1 aliphatic rings. The molecule has 0 aromatic heterocycles. The van der Waals surface area contributed by atoms with Crippen LogP contribution >= 0.6 is 31.9 Å². The standard InChI is InChI=1S/C13H19Br2N3O2S/c1-17(2)10-4-3-5-18(8-10)21(19,20)13-11(15)6-9(14)7-12(13)16/h6-7,10H,3-5,8,16H2,1-2H3. The molecule has 0 amide bonds. The summed E-state index contributed by atoms with van der Waals surface area (Å²) in [5, 5.41) is 0. The topological polar surface area (TPSA) is 66.6 Å². The molecule has 0 bridgehead atoms. The van der Waals surface area contributed by atoms with Crippen LogP contribution in [0, 0.1) is 0 Å². The normalized spacial score (nSPS) is 20.9. The summed E-state index contributed by atoms with van der Waals surface area (Å²) in [6.45, 7) is 1.03. The van der Waals surface area contributed by atoms with E-state index in [-0.39, 0.29) is 16.6 Å². The summed E-state index contributed by atoms with van der Waals surface area (Å²) in [4.78, 5) is 2.23. The molecule has 1 aliphatic heterocycles. The van der Waals surface area contributed by atoms with Gasteiger partial charge < -0.3 is 10.6 Å². The Labute approximate surface area is 142 Å². The van der Waals surface area contributed by atoms with Crippen LogP contribution in [-0.4, -0.2) is 50.8 Å². The number of benzene rings is 1. The molecule has 118 valence electrons. The van der Waals surface area contributed by atoms with Gasteiger partial charge in [-0.25, -0.2) is 8.42 Å². The third kappa shape index (κ3) is 3.61. The van der Waals surface area contributed by atoms with E-state index in [1.165, 1.54) is 4.31 Å². The highest BCUT2D eigenvalue weighted by Crippen LogP contribution is 2.34. The number of sulfonamides is 1. The van der Waals surface area contributed by atoms with Gasteiger partial charge in [-0.2, -0.15) is 4.31 Å². The third-order valence-electron chi connectivity index (χ3n) is 3.72. The highest BCUT2D eigenvalue weighted by atomic mass is 79.9. The van der Waals surface area contributed by atoms with Gasteiger partial charge >= 0.3 is 0 Å². The number of piperidine rings is 1.